The average Bonchev–Trinajstić information content (AvgIpc) is 2.96. The van der Waals surface area contributed by atoms with Gasteiger partial charge in [-0.3, -0.25) is 0 Å². The van der Waals surface area contributed by atoms with Crippen molar-refractivity contribution in [2.24, 2.45) is 0 Å². The van der Waals surface area contributed by atoms with Crippen LogP contribution >= 0.6 is 0 Å². The topological polar surface area (TPSA) is 79.5 Å². The average molecular weight is 232 g/mol. The molecule has 3 rings (SSSR count). The number of aromatic nitrogens is 3. The molecule has 2 N–H and O–H groups in total. The molecule has 2 aromatic heterocycles. The molecule has 6 nitrogen and oxygen atoms in total. The molecule has 1 fully saturated rings. The predicted molar refractivity (Wildman–Crippen MR) is 60.2 cm³/mol. The highest BCUT2D eigenvalue weighted by atomic mass is 16.4. The van der Waals surface area contributed by atoms with E-state index in [1.54, 1.807) is 18.3 Å². The number of pyridine rings is 1. The Kier molecular flexibility index (Phi) is 2.29. The number of carboxylic acid groups (broad SMARTS) is 1. The minimum absolute atomic E-state index is 0.192. The number of aromatic carboxylic acids is 1. The summed E-state index contributed by atoms with van der Waals surface area (Å²) in [6.07, 6.45) is 2.72. The number of carbonyl (C=O) groups is 1. The van der Waals surface area contributed by atoms with Gasteiger partial charge in [-0.1, -0.05) is 0 Å². The summed E-state index contributed by atoms with van der Waals surface area (Å²) >= 11 is 0. The Morgan fingerprint density at radius 2 is 2.47 bits per heavy atom. The van der Waals surface area contributed by atoms with Crippen LogP contribution in [0, 0.1) is 0 Å². The highest BCUT2D eigenvalue weighted by molar-refractivity contribution is 5.94. The third-order valence-electron chi connectivity index (χ3n) is 3.03. The summed E-state index contributed by atoms with van der Waals surface area (Å²) in [6, 6.07) is 3.21. The molecular weight excluding hydrogens is 220 g/mol. The van der Waals surface area contributed by atoms with Crippen LogP contribution in [0.1, 0.15) is 28.5 Å². The number of rotatable bonds is 2. The van der Waals surface area contributed by atoms with Crippen molar-refractivity contribution < 1.29 is 9.90 Å². The molecule has 0 radical (unpaired) electrons. The SMILES string of the molecule is O=C(O)c1cccn2nc(C3CCNC3)nc12. The van der Waals surface area contributed by atoms with Gasteiger partial charge in [0.25, 0.3) is 0 Å². The second kappa shape index (κ2) is 3.81. The van der Waals surface area contributed by atoms with Crippen LogP contribution in [0.25, 0.3) is 5.65 Å². The summed E-state index contributed by atoms with van der Waals surface area (Å²) in [4.78, 5) is 15.4. The van der Waals surface area contributed by atoms with Crippen LogP contribution in [0.4, 0.5) is 0 Å². The molecule has 6 heteroatoms. The fraction of sp³-hybridized carbons (Fsp3) is 0.364. The van der Waals surface area contributed by atoms with E-state index < -0.39 is 5.97 Å². The third kappa shape index (κ3) is 1.66. The van der Waals surface area contributed by atoms with Crippen LogP contribution in [-0.2, 0) is 0 Å². The largest absolute Gasteiger partial charge is 0.478 e. The summed E-state index contributed by atoms with van der Waals surface area (Å²) in [6.45, 7) is 1.82. The first-order chi connectivity index (χ1) is 8.25. The lowest BCUT2D eigenvalue weighted by atomic mass is 10.1. The normalized spacial score (nSPS) is 19.9. The maximum atomic E-state index is 11.1. The molecule has 0 spiro atoms. The molecule has 88 valence electrons. The van der Waals surface area contributed by atoms with E-state index in [4.69, 9.17) is 5.11 Å². The minimum atomic E-state index is -0.973. The zero-order chi connectivity index (χ0) is 11.8. The van der Waals surface area contributed by atoms with Crippen LogP contribution < -0.4 is 5.32 Å². The number of fused-ring (bicyclic) bond motifs is 1. The second-order valence-corrected chi connectivity index (χ2v) is 4.15. The third-order valence-corrected chi connectivity index (χ3v) is 3.03. The number of nitrogens with zero attached hydrogens (tertiary/aromatic N) is 3. The van der Waals surface area contributed by atoms with Crippen molar-refractivity contribution in [1.82, 2.24) is 19.9 Å². The lowest BCUT2D eigenvalue weighted by Crippen LogP contribution is -2.08. The Labute approximate surface area is 97.3 Å². The highest BCUT2D eigenvalue weighted by Crippen LogP contribution is 2.20. The second-order valence-electron chi connectivity index (χ2n) is 4.15. The van der Waals surface area contributed by atoms with Crippen LogP contribution in [0.5, 0.6) is 0 Å². The minimum Gasteiger partial charge on any atom is -0.478 e. The van der Waals surface area contributed by atoms with E-state index in [9.17, 15) is 4.79 Å². The van der Waals surface area contributed by atoms with Gasteiger partial charge in [0.05, 0.1) is 0 Å². The highest BCUT2D eigenvalue weighted by Gasteiger charge is 2.22. The molecule has 2 aromatic rings. The zero-order valence-corrected chi connectivity index (χ0v) is 9.13. The maximum absolute atomic E-state index is 11.1. The molecule has 17 heavy (non-hydrogen) atoms. The number of nitrogens with one attached hydrogen (secondary N) is 1. The van der Waals surface area contributed by atoms with Gasteiger partial charge in [-0.05, 0) is 25.1 Å². The molecule has 0 saturated carbocycles. The smallest absolute Gasteiger partial charge is 0.339 e. The number of hydrogen-bond acceptors (Lipinski definition) is 4. The van der Waals surface area contributed by atoms with Crippen LogP contribution in [0.15, 0.2) is 18.3 Å². The fourth-order valence-electron chi connectivity index (χ4n) is 2.14. The number of hydrogen-bond donors (Lipinski definition) is 2. The van der Waals surface area contributed by atoms with Gasteiger partial charge in [-0.25, -0.2) is 14.3 Å². The van der Waals surface area contributed by atoms with Crippen LogP contribution in [-0.4, -0.2) is 38.8 Å². The Bertz CT molecular complexity index is 572. The maximum Gasteiger partial charge on any atom is 0.339 e. The lowest BCUT2D eigenvalue weighted by Gasteiger charge is -1.99. The van der Waals surface area contributed by atoms with Gasteiger partial charge in [0.1, 0.15) is 5.56 Å². The molecule has 0 aromatic carbocycles. The van der Waals surface area contributed by atoms with Gasteiger partial charge < -0.3 is 10.4 Å². The molecule has 3 heterocycles. The van der Waals surface area contributed by atoms with Gasteiger partial charge in [0.15, 0.2) is 11.5 Å². The van der Waals surface area contributed by atoms with Crippen molar-refractivity contribution in [2.75, 3.05) is 13.1 Å². The van der Waals surface area contributed by atoms with Gasteiger partial charge in [-0.15, -0.1) is 0 Å². The van der Waals surface area contributed by atoms with Crippen molar-refractivity contribution in [3.8, 4) is 0 Å². The summed E-state index contributed by atoms with van der Waals surface area (Å²) < 4.78 is 1.54. The molecule has 1 unspecified atom stereocenters. The molecule has 1 aliphatic rings. The molecule has 0 amide bonds. The Morgan fingerprint density at radius 1 is 1.59 bits per heavy atom. The van der Waals surface area contributed by atoms with E-state index >= 15 is 0 Å². The standard InChI is InChI=1S/C11H12N4O2/c16-11(17)8-2-1-5-15-10(8)13-9(14-15)7-3-4-12-6-7/h1-2,5,7,12H,3-4,6H2,(H,16,17). The molecule has 1 saturated heterocycles. The van der Waals surface area contributed by atoms with Gasteiger partial charge >= 0.3 is 5.97 Å². The molecule has 1 aliphatic heterocycles. The van der Waals surface area contributed by atoms with Crippen LogP contribution in [0.3, 0.4) is 0 Å². The van der Waals surface area contributed by atoms with Gasteiger partial charge in [0.2, 0.25) is 0 Å². The van der Waals surface area contributed by atoms with E-state index in [1.165, 1.54) is 4.52 Å². The molecular formula is C11H12N4O2. The fourth-order valence-corrected chi connectivity index (χ4v) is 2.14. The van der Waals surface area contributed by atoms with Crippen molar-refractivity contribution in [2.45, 2.75) is 12.3 Å². The summed E-state index contributed by atoms with van der Waals surface area (Å²) in [5.41, 5.74) is 0.610. The molecule has 0 aliphatic carbocycles. The Hall–Kier alpha value is -1.95. The van der Waals surface area contributed by atoms with Crippen molar-refractivity contribution >= 4 is 11.6 Å². The first-order valence-corrected chi connectivity index (χ1v) is 5.55. The van der Waals surface area contributed by atoms with Crippen LogP contribution in [0.2, 0.25) is 0 Å². The Balaban J connectivity index is 2.11. The van der Waals surface area contributed by atoms with Gasteiger partial charge in [-0.2, -0.15) is 5.10 Å². The van der Waals surface area contributed by atoms with Crippen molar-refractivity contribution in [3.63, 3.8) is 0 Å². The van der Waals surface area contributed by atoms with E-state index in [0.29, 0.717) is 5.65 Å². The van der Waals surface area contributed by atoms with Gasteiger partial charge in [0, 0.05) is 18.7 Å². The van der Waals surface area contributed by atoms with Crippen molar-refractivity contribution in [1.29, 1.82) is 0 Å². The zero-order valence-electron chi connectivity index (χ0n) is 9.13. The molecule has 0 bridgehead atoms. The predicted octanol–water partition coefficient (Wildman–Crippen LogP) is 0.504. The lowest BCUT2D eigenvalue weighted by molar-refractivity contribution is 0.0698. The van der Waals surface area contributed by atoms with E-state index in [2.05, 4.69) is 15.4 Å². The first kappa shape index (κ1) is 10.2. The quantitative estimate of drug-likeness (QED) is 0.788. The summed E-state index contributed by atoms with van der Waals surface area (Å²) in [5, 5.41) is 16.7. The first-order valence-electron chi connectivity index (χ1n) is 5.55. The summed E-state index contributed by atoms with van der Waals surface area (Å²) in [7, 11) is 0. The van der Waals surface area contributed by atoms with E-state index in [0.717, 1.165) is 25.3 Å². The number of carboxylic acids is 1. The van der Waals surface area contributed by atoms with Crippen molar-refractivity contribution in [3.05, 3.63) is 29.7 Å². The summed E-state index contributed by atoms with van der Waals surface area (Å²) in [5.74, 6) is 0.0411. The monoisotopic (exact) mass is 232 g/mol. The van der Waals surface area contributed by atoms with E-state index in [1.807, 2.05) is 0 Å². The Morgan fingerprint density at radius 3 is 3.18 bits per heavy atom. The van der Waals surface area contributed by atoms with E-state index in [-0.39, 0.29) is 11.5 Å². The molecule has 1 atom stereocenters.